The zero-order valence-corrected chi connectivity index (χ0v) is 10.5. The van der Waals surface area contributed by atoms with Gasteiger partial charge in [-0.1, -0.05) is 38.1 Å². The van der Waals surface area contributed by atoms with Gasteiger partial charge in [-0.15, -0.1) is 0 Å². The van der Waals surface area contributed by atoms with Crippen molar-refractivity contribution in [1.82, 2.24) is 0 Å². The number of hydrogen-bond acceptors (Lipinski definition) is 2. The molecule has 0 spiro atoms. The second-order valence-electron chi connectivity index (χ2n) is 4.16. The van der Waals surface area contributed by atoms with Crippen LogP contribution < -0.4 is 0 Å². The summed E-state index contributed by atoms with van der Waals surface area (Å²) >= 11 is 0. The predicted octanol–water partition coefficient (Wildman–Crippen LogP) is 3.63. The van der Waals surface area contributed by atoms with E-state index in [0.717, 1.165) is 16.8 Å². The molecule has 0 saturated heterocycles. The predicted molar refractivity (Wildman–Crippen MR) is 72.9 cm³/mol. The molecule has 0 aliphatic carbocycles. The van der Waals surface area contributed by atoms with E-state index in [1.165, 1.54) is 11.6 Å². The fraction of sp³-hybridized carbons (Fsp3) is 0.267. The second kappa shape index (κ2) is 5.97. The van der Waals surface area contributed by atoms with E-state index in [-0.39, 0.29) is 0 Å². The minimum absolute atomic E-state index is 0.388. The van der Waals surface area contributed by atoms with Gasteiger partial charge in [-0.25, -0.2) is 4.79 Å². The van der Waals surface area contributed by atoms with Gasteiger partial charge in [0, 0.05) is 17.3 Å². The number of carbonyl (C=O) groups excluding carboxylic acids is 1. The molecule has 2 nitrogen and oxygen atoms in total. The van der Waals surface area contributed by atoms with Crippen molar-refractivity contribution in [1.29, 1.82) is 0 Å². The molecule has 0 aliphatic heterocycles. The Morgan fingerprint density at radius 2 is 2.06 bits per heavy atom. The summed E-state index contributed by atoms with van der Waals surface area (Å²) in [4.78, 5) is 14.5. The van der Waals surface area contributed by atoms with Gasteiger partial charge in [0.1, 0.15) is 5.94 Å². The molecule has 0 N–H and O–H groups in total. The Balaban J connectivity index is 3.49. The molecule has 0 unspecified atom stereocenters. The van der Waals surface area contributed by atoms with Gasteiger partial charge in [-0.2, -0.15) is 0 Å². The summed E-state index contributed by atoms with van der Waals surface area (Å²) in [6.45, 7) is 9.59. The van der Waals surface area contributed by atoms with Gasteiger partial charge in [0.05, 0.1) is 0 Å². The molecule has 1 aromatic carbocycles. The maximum absolute atomic E-state index is 10.6. The first-order valence-electron chi connectivity index (χ1n) is 5.59. The molecule has 17 heavy (non-hydrogen) atoms. The van der Waals surface area contributed by atoms with Crippen LogP contribution in [0.5, 0.6) is 0 Å². The summed E-state index contributed by atoms with van der Waals surface area (Å²) in [6.07, 6.45) is 1.42. The molecule has 0 fully saturated rings. The third-order valence-corrected chi connectivity index (χ3v) is 2.70. The molecule has 0 saturated carbocycles. The average molecular weight is 227 g/mol. The molecule has 88 valence electrons. The van der Waals surface area contributed by atoms with Crippen molar-refractivity contribution in [3.05, 3.63) is 47.2 Å². The minimum Gasteiger partial charge on any atom is -0.269 e. The topological polar surface area (TPSA) is 29.4 Å². The summed E-state index contributed by atoms with van der Waals surface area (Å²) in [6, 6.07) is 8.01. The highest BCUT2D eigenvalue weighted by molar-refractivity contribution is 5.84. The van der Waals surface area contributed by atoms with E-state index in [0.29, 0.717) is 5.92 Å². The molecule has 0 radical (unpaired) electrons. The quantitative estimate of drug-likeness (QED) is 0.439. The Hall–Kier alpha value is -1.92. The summed E-state index contributed by atoms with van der Waals surface area (Å²) in [7, 11) is 0. The first-order valence-corrected chi connectivity index (χ1v) is 5.59. The lowest BCUT2D eigenvalue weighted by molar-refractivity contribution is 0.569. The van der Waals surface area contributed by atoms with Crippen LogP contribution in [-0.2, 0) is 4.79 Å². The van der Waals surface area contributed by atoms with Crippen LogP contribution in [0.3, 0.4) is 0 Å². The summed E-state index contributed by atoms with van der Waals surface area (Å²) in [5, 5.41) is 0. The molecule has 0 heterocycles. The molecule has 0 atom stereocenters. The number of aliphatic imine (C=N–C) groups is 1. The molecule has 0 amide bonds. The summed E-state index contributed by atoms with van der Waals surface area (Å²) in [5.74, 6) is 2.21. The van der Waals surface area contributed by atoms with Crippen molar-refractivity contribution in [2.45, 2.75) is 26.7 Å². The number of rotatable bonds is 4. The van der Waals surface area contributed by atoms with E-state index in [1.54, 1.807) is 0 Å². The van der Waals surface area contributed by atoms with Gasteiger partial charge in [0.15, 0.2) is 0 Å². The zero-order valence-electron chi connectivity index (χ0n) is 10.5. The third-order valence-electron chi connectivity index (χ3n) is 2.70. The zero-order chi connectivity index (χ0) is 12.8. The van der Waals surface area contributed by atoms with Crippen LogP contribution in [0.2, 0.25) is 0 Å². The second-order valence-corrected chi connectivity index (χ2v) is 4.16. The number of allylic oxidation sites excluding steroid dienone is 3. The lowest BCUT2D eigenvalue weighted by Gasteiger charge is -2.13. The SMILES string of the molecule is C=N/C(C)=C(/C=C=O)c1ccccc1C(C)C. The lowest BCUT2D eigenvalue weighted by atomic mass is 9.92. The Morgan fingerprint density at radius 1 is 1.41 bits per heavy atom. The van der Waals surface area contributed by atoms with E-state index in [1.807, 2.05) is 31.1 Å². The van der Waals surface area contributed by atoms with Crippen LogP contribution in [0.1, 0.15) is 37.8 Å². The molecule has 1 rings (SSSR count). The molecule has 0 aliphatic rings. The maximum atomic E-state index is 10.6. The van der Waals surface area contributed by atoms with Gasteiger partial charge >= 0.3 is 0 Å². The van der Waals surface area contributed by atoms with E-state index < -0.39 is 0 Å². The fourth-order valence-electron chi connectivity index (χ4n) is 1.77. The molecular formula is C15H17NO. The Kier molecular flexibility index (Phi) is 4.62. The van der Waals surface area contributed by atoms with E-state index in [2.05, 4.69) is 31.6 Å². The van der Waals surface area contributed by atoms with Crippen LogP contribution in [0.4, 0.5) is 0 Å². The summed E-state index contributed by atoms with van der Waals surface area (Å²) in [5.41, 5.74) is 3.74. The Labute approximate surface area is 102 Å². The molecule has 2 heteroatoms. The number of hydrogen-bond donors (Lipinski definition) is 0. The Bertz CT molecular complexity index is 491. The van der Waals surface area contributed by atoms with Crippen molar-refractivity contribution < 1.29 is 4.79 Å². The first-order chi connectivity index (χ1) is 8.11. The van der Waals surface area contributed by atoms with Crippen molar-refractivity contribution in [2.24, 2.45) is 4.99 Å². The van der Waals surface area contributed by atoms with Gasteiger partial charge < -0.3 is 0 Å². The van der Waals surface area contributed by atoms with Crippen LogP contribution in [0.25, 0.3) is 5.57 Å². The highest BCUT2D eigenvalue weighted by atomic mass is 16.1. The smallest absolute Gasteiger partial charge is 0.125 e. The third kappa shape index (κ3) is 3.02. The monoisotopic (exact) mass is 227 g/mol. The van der Waals surface area contributed by atoms with Gasteiger partial charge in [-0.05, 0) is 30.7 Å². The number of nitrogens with zero attached hydrogens (tertiary/aromatic N) is 1. The van der Waals surface area contributed by atoms with E-state index in [9.17, 15) is 4.79 Å². The maximum Gasteiger partial charge on any atom is 0.125 e. The van der Waals surface area contributed by atoms with Crippen LogP contribution in [0.15, 0.2) is 41.0 Å². The van der Waals surface area contributed by atoms with E-state index >= 15 is 0 Å². The lowest BCUT2D eigenvalue weighted by Crippen LogP contribution is -1.96. The summed E-state index contributed by atoms with van der Waals surface area (Å²) < 4.78 is 0. The van der Waals surface area contributed by atoms with Crippen molar-refractivity contribution in [3.8, 4) is 0 Å². The van der Waals surface area contributed by atoms with Crippen LogP contribution in [0, 0.1) is 0 Å². The molecule has 0 aromatic heterocycles. The Morgan fingerprint density at radius 3 is 2.59 bits per heavy atom. The largest absolute Gasteiger partial charge is 0.269 e. The molecule has 0 bridgehead atoms. The van der Waals surface area contributed by atoms with Crippen LogP contribution in [-0.4, -0.2) is 12.7 Å². The molecular weight excluding hydrogens is 210 g/mol. The van der Waals surface area contributed by atoms with Crippen molar-refractivity contribution in [2.75, 3.05) is 0 Å². The minimum atomic E-state index is 0.388. The molecule has 1 aromatic rings. The average Bonchev–Trinajstić information content (AvgIpc) is 2.35. The van der Waals surface area contributed by atoms with Crippen molar-refractivity contribution in [3.63, 3.8) is 0 Å². The normalized spacial score (nSPS) is 11.8. The standard InChI is InChI=1S/C15H17NO/c1-11(2)13-7-5-6-8-15(13)14(9-10-17)12(3)16-4/h5-9,11H,4H2,1-3H3/b14-12-. The van der Waals surface area contributed by atoms with Gasteiger partial charge in [-0.3, -0.25) is 4.99 Å². The first kappa shape index (κ1) is 13.1. The van der Waals surface area contributed by atoms with E-state index in [4.69, 9.17) is 0 Å². The van der Waals surface area contributed by atoms with Crippen LogP contribution >= 0.6 is 0 Å². The fourth-order valence-corrected chi connectivity index (χ4v) is 1.77. The highest BCUT2D eigenvalue weighted by Gasteiger charge is 2.10. The van der Waals surface area contributed by atoms with Gasteiger partial charge in [0.25, 0.3) is 0 Å². The van der Waals surface area contributed by atoms with Crippen molar-refractivity contribution >= 4 is 18.2 Å². The highest BCUT2D eigenvalue weighted by Crippen LogP contribution is 2.28. The van der Waals surface area contributed by atoms with Gasteiger partial charge in [0.2, 0.25) is 0 Å². The number of benzene rings is 1.